The number of thiophene rings is 1. The van der Waals surface area contributed by atoms with Crippen molar-refractivity contribution in [3.8, 4) is 0 Å². The van der Waals surface area contributed by atoms with Crippen LogP contribution in [0.5, 0.6) is 0 Å². The molecule has 1 saturated heterocycles. The molecule has 0 aromatic carbocycles. The van der Waals surface area contributed by atoms with Crippen LogP contribution in [-0.4, -0.2) is 29.9 Å². The van der Waals surface area contributed by atoms with Crippen molar-refractivity contribution in [1.82, 2.24) is 4.90 Å². The number of halogens is 1. The largest absolute Gasteiger partial charge is 0.369 e. The third-order valence-electron chi connectivity index (χ3n) is 4.25. The second-order valence-corrected chi connectivity index (χ2v) is 7.55. The monoisotopic (exact) mass is 315 g/mol. The molecule has 1 aliphatic heterocycles. The van der Waals surface area contributed by atoms with E-state index in [4.69, 9.17) is 23.1 Å². The van der Waals surface area contributed by atoms with E-state index in [1.54, 1.807) is 11.3 Å². The quantitative estimate of drug-likeness (QED) is 0.876. The van der Waals surface area contributed by atoms with Gasteiger partial charge in [0, 0.05) is 17.5 Å². The standard InChI is InChI=1S/C14H22ClN3OS/c1-3-9(16)12(10-4-5-11(15)20-10)18-7-6-14(2,8-18)13(17)19/h4-5,9,12H,3,6-8,16H2,1-2H3,(H2,17,19). The maximum absolute atomic E-state index is 11.6. The van der Waals surface area contributed by atoms with Gasteiger partial charge < -0.3 is 11.5 Å². The molecule has 0 bridgehead atoms. The van der Waals surface area contributed by atoms with Gasteiger partial charge in [0.2, 0.25) is 5.91 Å². The lowest BCUT2D eigenvalue weighted by Gasteiger charge is -2.32. The minimum absolute atomic E-state index is 0.0277. The molecule has 3 atom stereocenters. The molecule has 4 N–H and O–H groups in total. The van der Waals surface area contributed by atoms with Crippen LogP contribution in [0.2, 0.25) is 4.34 Å². The highest BCUT2D eigenvalue weighted by Crippen LogP contribution is 2.39. The number of primary amides is 1. The summed E-state index contributed by atoms with van der Waals surface area (Å²) in [5.74, 6) is -0.229. The predicted octanol–water partition coefficient (Wildman–Crippen LogP) is 2.38. The van der Waals surface area contributed by atoms with Crippen molar-refractivity contribution in [3.63, 3.8) is 0 Å². The van der Waals surface area contributed by atoms with E-state index >= 15 is 0 Å². The first-order valence-corrected chi connectivity index (χ1v) is 8.11. The van der Waals surface area contributed by atoms with Crippen LogP contribution in [0, 0.1) is 5.41 Å². The summed E-state index contributed by atoms with van der Waals surface area (Å²) in [5, 5.41) is 0. The average molecular weight is 316 g/mol. The molecule has 2 heterocycles. The third-order valence-corrected chi connectivity index (χ3v) is 5.56. The van der Waals surface area contributed by atoms with E-state index in [-0.39, 0.29) is 18.0 Å². The van der Waals surface area contributed by atoms with E-state index in [1.807, 2.05) is 19.1 Å². The maximum atomic E-state index is 11.6. The Morgan fingerprint density at radius 3 is 2.75 bits per heavy atom. The Morgan fingerprint density at radius 2 is 2.30 bits per heavy atom. The summed E-state index contributed by atoms with van der Waals surface area (Å²) >= 11 is 7.61. The minimum Gasteiger partial charge on any atom is -0.369 e. The second kappa shape index (κ2) is 6.02. The van der Waals surface area contributed by atoms with Gasteiger partial charge in [-0.25, -0.2) is 0 Å². The van der Waals surface area contributed by atoms with E-state index in [0.29, 0.717) is 6.54 Å². The normalized spacial score (nSPS) is 26.6. The maximum Gasteiger partial charge on any atom is 0.224 e. The van der Waals surface area contributed by atoms with Crippen molar-refractivity contribution in [3.05, 3.63) is 21.3 Å². The molecule has 6 heteroatoms. The van der Waals surface area contributed by atoms with Crippen LogP contribution >= 0.6 is 22.9 Å². The fourth-order valence-electron chi connectivity index (χ4n) is 2.81. The van der Waals surface area contributed by atoms with Gasteiger partial charge in [-0.05, 0) is 38.4 Å². The van der Waals surface area contributed by atoms with E-state index < -0.39 is 5.41 Å². The van der Waals surface area contributed by atoms with Crippen molar-refractivity contribution in [2.24, 2.45) is 16.9 Å². The smallest absolute Gasteiger partial charge is 0.224 e. The zero-order chi connectivity index (χ0) is 14.9. The summed E-state index contributed by atoms with van der Waals surface area (Å²) in [5.41, 5.74) is 11.4. The SMILES string of the molecule is CCC(N)C(c1ccc(Cl)s1)N1CCC(C)(C(N)=O)C1. The molecule has 0 saturated carbocycles. The number of rotatable bonds is 5. The number of amides is 1. The fourth-order valence-corrected chi connectivity index (χ4v) is 4.08. The fraction of sp³-hybridized carbons (Fsp3) is 0.643. The average Bonchev–Trinajstić information content (AvgIpc) is 2.98. The Morgan fingerprint density at radius 1 is 1.60 bits per heavy atom. The molecular formula is C14H22ClN3OS. The third kappa shape index (κ3) is 3.01. The van der Waals surface area contributed by atoms with Crippen LogP contribution in [0.1, 0.15) is 37.6 Å². The van der Waals surface area contributed by atoms with Crippen molar-refractivity contribution < 1.29 is 4.79 Å². The molecule has 4 nitrogen and oxygen atoms in total. The van der Waals surface area contributed by atoms with Gasteiger partial charge in [-0.3, -0.25) is 9.69 Å². The van der Waals surface area contributed by atoms with Crippen molar-refractivity contribution >= 4 is 28.8 Å². The molecule has 1 aliphatic rings. The molecule has 1 amide bonds. The van der Waals surface area contributed by atoms with Gasteiger partial charge in [0.05, 0.1) is 15.8 Å². The van der Waals surface area contributed by atoms with Crippen LogP contribution < -0.4 is 11.5 Å². The minimum atomic E-state index is -0.452. The van der Waals surface area contributed by atoms with Gasteiger partial charge in [0.1, 0.15) is 0 Å². The van der Waals surface area contributed by atoms with Gasteiger partial charge in [-0.2, -0.15) is 0 Å². The highest BCUT2D eigenvalue weighted by Gasteiger charge is 2.42. The van der Waals surface area contributed by atoms with E-state index in [9.17, 15) is 4.79 Å². The first-order valence-electron chi connectivity index (χ1n) is 6.92. The lowest BCUT2D eigenvalue weighted by Crippen LogP contribution is -2.42. The number of hydrogen-bond acceptors (Lipinski definition) is 4. The summed E-state index contributed by atoms with van der Waals surface area (Å²) in [6.07, 6.45) is 1.67. The Kier molecular flexibility index (Phi) is 4.74. The summed E-state index contributed by atoms with van der Waals surface area (Å²) in [6, 6.07) is 4.08. The van der Waals surface area contributed by atoms with Crippen molar-refractivity contribution in [1.29, 1.82) is 0 Å². The van der Waals surface area contributed by atoms with Crippen LogP contribution in [0.15, 0.2) is 12.1 Å². The molecule has 20 heavy (non-hydrogen) atoms. The van der Waals surface area contributed by atoms with Crippen LogP contribution in [0.4, 0.5) is 0 Å². The van der Waals surface area contributed by atoms with Gasteiger partial charge >= 0.3 is 0 Å². The summed E-state index contributed by atoms with van der Waals surface area (Å²) in [4.78, 5) is 15.1. The lowest BCUT2D eigenvalue weighted by molar-refractivity contribution is -0.126. The molecule has 3 unspecified atom stereocenters. The number of hydrogen-bond donors (Lipinski definition) is 2. The van der Waals surface area contributed by atoms with Crippen molar-refractivity contribution in [2.75, 3.05) is 13.1 Å². The number of nitrogens with two attached hydrogens (primary N) is 2. The Labute approximate surface area is 129 Å². The summed E-state index contributed by atoms with van der Waals surface area (Å²) in [6.45, 7) is 5.52. The molecule has 1 aromatic heterocycles. The lowest BCUT2D eigenvalue weighted by atomic mass is 9.89. The van der Waals surface area contributed by atoms with Gasteiger partial charge in [0.25, 0.3) is 0 Å². The molecule has 1 aromatic rings. The topological polar surface area (TPSA) is 72.3 Å². The zero-order valence-corrected chi connectivity index (χ0v) is 13.5. The molecule has 0 radical (unpaired) electrons. The van der Waals surface area contributed by atoms with Crippen molar-refractivity contribution in [2.45, 2.75) is 38.8 Å². The molecule has 2 rings (SSSR count). The number of carbonyl (C=O) groups is 1. The molecule has 1 fully saturated rings. The predicted molar refractivity (Wildman–Crippen MR) is 83.8 cm³/mol. The molecule has 0 aliphatic carbocycles. The van der Waals surface area contributed by atoms with Gasteiger partial charge in [-0.15, -0.1) is 11.3 Å². The highest BCUT2D eigenvalue weighted by molar-refractivity contribution is 7.16. The first kappa shape index (κ1) is 15.8. The number of carbonyl (C=O) groups excluding carboxylic acids is 1. The molecule has 112 valence electrons. The Balaban J connectivity index is 2.23. The van der Waals surface area contributed by atoms with Gasteiger partial charge in [-0.1, -0.05) is 18.5 Å². The first-order chi connectivity index (χ1) is 9.37. The van der Waals surface area contributed by atoms with E-state index in [2.05, 4.69) is 11.8 Å². The van der Waals surface area contributed by atoms with Crippen LogP contribution in [-0.2, 0) is 4.79 Å². The second-order valence-electron chi connectivity index (χ2n) is 5.80. The zero-order valence-electron chi connectivity index (χ0n) is 11.9. The summed E-state index contributed by atoms with van der Waals surface area (Å²) < 4.78 is 0.769. The van der Waals surface area contributed by atoms with Gasteiger partial charge in [0.15, 0.2) is 0 Å². The summed E-state index contributed by atoms with van der Waals surface area (Å²) in [7, 11) is 0. The molecular weight excluding hydrogens is 294 g/mol. The Hall–Kier alpha value is -0.620. The highest BCUT2D eigenvalue weighted by atomic mass is 35.5. The number of likely N-dealkylation sites (tertiary alicyclic amines) is 1. The van der Waals surface area contributed by atoms with Crippen LogP contribution in [0.3, 0.4) is 0 Å². The molecule has 0 spiro atoms. The van der Waals surface area contributed by atoms with E-state index in [0.717, 1.165) is 28.6 Å². The number of nitrogens with zero attached hydrogens (tertiary/aromatic N) is 1. The van der Waals surface area contributed by atoms with E-state index in [1.165, 1.54) is 0 Å². The van der Waals surface area contributed by atoms with Crippen LogP contribution in [0.25, 0.3) is 0 Å². The Bertz CT molecular complexity index is 493.